The lowest BCUT2D eigenvalue weighted by Gasteiger charge is -2.08. The van der Waals surface area contributed by atoms with Crippen molar-refractivity contribution < 1.29 is 4.92 Å². The van der Waals surface area contributed by atoms with E-state index in [1.165, 1.54) is 6.07 Å². The third-order valence-electron chi connectivity index (χ3n) is 2.49. The number of nitrogens with zero attached hydrogens (tertiary/aromatic N) is 3. The summed E-state index contributed by atoms with van der Waals surface area (Å²) in [5.41, 5.74) is 6.10. The van der Waals surface area contributed by atoms with Crippen molar-refractivity contribution in [2.24, 2.45) is 0 Å². The fraction of sp³-hybridized carbons (Fsp3) is 0.182. The molecule has 0 atom stereocenters. The van der Waals surface area contributed by atoms with Crippen LogP contribution in [-0.2, 0) is 6.54 Å². The normalized spacial score (nSPS) is 10.2. The molecule has 0 aliphatic heterocycles. The molecule has 1 heterocycles. The molecule has 0 aliphatic rings. The van der Waals surface area contributed by atoms with Crippen LogP contribution in [0.2, 0.25) is 0 Å². The number of benzene rings is 1. The van der Waals surface area contributed by atoms with Gasteiger partial charge in [0, 0.05) is 25.5 Å². The van der Waals surface area contributed by atoms with E-state index < -0.39 is 4.92 Å². The molecule has 2 aromatic rings. The Kier molecular flexibility index (Phi) is 3.42. The molecule has 0 spiro atoms. The first kappa shape index (κ1) is 11.9. The van der Waals surface area contributed by atoms with Crippen molar-refractivity contribution in [2.45, 2.75) is 6.54 Å². The zero-order chi connectivity index (χ0) is 13.0. The Morgan fingerprint density at radius 1 is 1.50 bits per heavy atom. The largest absolute Gasteiger partial charge is 0.393 e. The first-order valence-corrected chi connectivity index (χ1v) is 5.41. The molecule has 2 rings (SSSR count). The Morgan fingerprint density at radius 3 is 3.00 bits per heavy atom. The summed E-state index contributed by atoms with van der Waals surface area (Å²) in [6, 6.07) is 4.84. The van der Waals surface area contributed by atoms with Crippen LogP contribution in [0.4, 0.5) is 17.1 Å². The van der Waals surface area contributed by atoms with Gasteiger partial charge in [0.25, 0.3) is 0 Å². The summed E-state index contributed by atoms with van der Waals surface area (Å²) < 4.78 is 1.88. The summed E-state index contributed by atoms with van der Waals surface area (Å²) in [4.78, 5) is 14.3. The van der Waals surface area contributed by atoms with Crippen molar-refractivity contribution in [1.29, 1.82) is 0 Å². The Morgan fingerprint density at radius 2 is 2.33 bits per heavy atom. The molecule has 0 saturated carbocycles. The molecule has 0 saturated heterocycles. The average Bonchev–Trinajstić information content (AvgIpc) is 2.81. The Labute approximate surface area is 103 Å². The lowest BCUT2D eigenvalue weighted by atomic mass is 10.2. The molecule has 3 N–H and O–H groups in total. The highest BCUT2D eigenvalue weighted by atomic mass is 16.6. The number of nitro benzene ring substituents is 1. The van der Waals surface area contributed by atoms with Gasteiger partial charge in [0.2, 0.25) is 0 Å². The fourth-order valence-corrected chi connectivity index (χ4v) is 1.65. The summed E-state index contributed by atoms with van der Waals surface area (Å²) in [5, 5.41) is 13.9. The van der Waals surface area contributed by atoms with Crippen LogP contribution in [0, 0.1) is 10.1 Å². The van der Waals surface area contributed by atoms with Gasteiger partial charge in [-0.1, -0.05) is 6.07 Å². The third-order valence-corrected chi connectivity index (χ3v) is 2.49. The molecule has 0 aliphatic carbocycles. The minimum Gasteiger partial charge on any atom is -0.393 e. The molecule has 1 aromatic heterocycles. The van der Waals surface area contributed by atoms with Crippen LogP contribution < -0.4 is 11.1 Å². The smallest absolute Gasteiger partial charge is 0.314 e. The minimum absolute atomic E-state index is 0.0804. The summed E-state index contributed by atoms with van der Waals surface area (Å²) in [6.07, 6.45) is 5.20. The molecule has 0 amide bonds. The van der Waals surface area contributed by atoms with E-state index in [1.54, 1.807) is 24.7 Å². The molecule has 7 heteroatoms. The summed E-state index contributed by atoms with van der Waals surface area (Å²) in [5.74, 6) is 0. The maximum atomic E-state index is 10.9. The van der Waals surface area contributed by atoms with Gasteiger partial charge in [-0.3, -0.25) is 10.1 Å². The van der Waals surface area contributed by atoms with Gasteiger partial charge in [0.05, 0.1) is 11.3 Å². The van der Waals surface area contributed by atoms with E-state index in [-0.39, 0.29) is 11.4 Å². The Balaban J connectivity index is 2.05. The SMILES string of the molecule is Nc1cccc(NCCn2ccnc2)c1[N+](=O)[O-]. The number of nitrogen functional groups attached to an aromatic ring is 1. The van der Waals surface area contributed by atoms with Gasteiger partial charge in [0.1, 0.15) is 11.4 Å². The van der Waals surface area contributed by atoms with Gasteiger partial charge in [-0.25, -0.2) is 4.98 Å². The van der Waals surface area contributed by atoms with E-state index in [9.17, 15) is 10.1 Å². The second-order valence-electron chi connectivity index (χ2n) is 3.73. The molecular formula is C11H13N5O2. The molecule has 0 bridgehead atoms. The number of nitrogens with one attached hydrogen (secondary N) is 1. The van der Waals surface area contributed by atoms with Crippen molar-refractivity contribution in [3.63, 3.8) is 0 Å². The van der Waals surface area contributed by atoms with Gasteiger partial charge in [-0.2, -0.15) is 0 Å². The second-order valence-corrected chi connectivity index (χ2v) is 3.73. The second kappa shape index (κ2) is 5.17. The van der Waals surface area contributed by atoms with Crippen molar-refractivity contribution in [2.75, 3.05) is 17.6 Å². The van der Waals surface area contributed by atoms with Crippen LogP contribution in [0.15, 0.2) is 36.9 Å². The molecule has 0 radical (unpaired) electrons. The highest BCUT2D eigenvalue weighted by Crippen LogP contribution is 2.30. The van der Waals surface area contributed by atoms with Crippen molar-refractivity contribution in [3.8, 4) is 0 Å². The molecule has 0 unspecified atom stereocenters. The number of nitro groups is 1. The maximum absolute atomic E-state index is 10.9. The minimum atomic E-state index is -0.477. The molecule has 7 nitrogen and oxygen atoms in total. The van der Waals surface area contributed by atoms with Gasteiger partial charge >= 0.3 is 5.69 Å². The number of aromatic nitrogens is 2. The number of imidazole rings is 1. The Hall–Kier alpha value is -2.57. The highest BCUT2D eigenvalue weighted by Gasteiger charge is 2.16. The maximum Gasteiger partial charge on any atom is 0.314 e. The zero-order valence-corrected chi connectivity index (χ0v) is 9.61. The molecule has 94 valence electrons. The Bertz CT molecular complexity index is 538. The van der Waals surface area contributed by atoms with Crippen molar-refractivity contribution in [3.05, 3.63) is 47.0 Å². The zero-order valence-electron chi connectivity index (χ0n) is 9.61. The van der Waals surface area contributed by atoms with Crippen LogP contribution in [0.25, 0.3) is 0 Å². The van der Waals surface area contributed by atoms with Gasteiger partial charge in [-0.15, -0.1) is 0 Å². The summed E-state index contributed by atoms with van der Waals surface area (Å²) in [6.45, 7) is 1.23. The summed E-state index contributed by atoms with van der Waals surface area (Å²) in [7, 11) is 0. The molecule has 18 heavy (non-hydrogen) atoms. The predicted octanol–water partition coefficient (Wildman–Crippen LogP) is 1.49. The third kappa shape index (κ3) is 2.57. The van der Waals surface area contributed by atoms with Crippen LogP contribution >= 0.6 is 0 Å². The van der Waals surface area contributed by atoms with Crippen LogP contribution in [0.5, 0.6) is 0 Å². The lowest BCUT2D eigenvalue weighted by molar-refractivity contribution is -0.383. The van der Waals surface area contributed by atoms with E-state index in [0.717, 1.165) is 0 Å². The van der Waals surface area contributed by atoms with Gasteiger partial charge in [0.15, 0.2) is 0 Å². The van der Waals surface area contributed by atoms with E-state index >= 15 is 0 Å². The van der Waals surface area contributed by atoms with Crippen LogP contribution in [-0.4, -0.2) is 21.0 Å². The number of hydrogen-bond acceptors (Lipinski definition) is 5. The van der Waals surface area contributed by atoms with E-state index in [4.69, 9.17) is 5.73 Å². The van der Waals surface area contributed by atoms with Crippen molar-refractivity contribution in [1.82, 2.24) is 9.55 Å². The van der Waals surface area contributed by atoms with Crippen molar-refractivity contribution >= 4 is 17.1 Å². The first-order chi connectivity index (χ1) is 8.68. The monoisotopic (exact) mass is 247 g/mol. The van der Waals surface area contributed by atoms with E-state index in [1.807, 2.05) is 10.8 Å². The topological polar surface area (TPSA) is 99.0 Å². The number of rotatable bonds is 5. The molecule has 1 aromatic carbocycles. The number of hydrogen-bond donors (Lipinski definition) is 2. The predicted molar refractivity (Wildman–Crippen MR) is 68.2 cm³/mol. The standard InChI is InChI=1S/C11H13N5O2/c12-9-2-1-3-10(11(9)16(17)18)14-5-7-15-6-4-13-8-15/h1-4,6,8,14H,5,7,12H2. The van der Waals surface area contributed by atoms with Gasteiger partial charge < -0.3 is 15.6 Å². The first-order valence-electron chi connectivity index (χ1n) is 5.41. The lowest BCUT2D eigenvalue weighted by Crippen LogP contribution is -2.11. The number of anilines is 2. The number of para-hydroxylation sites is 1. The van der Waals surface area contributed by atoms with Crippen LogP contribution in [0.1, 0.15) is 0 Å². The van der Waals surface area contributed by atoms with E-state index in [0.29, 0.717) is 18.8 Å². The average molecular weight is 247 g/mol. The number of nitrogens with two attached hydrogens (primary N) is 1. The van der Waals surface area contributed by atoms with Crippen LogP contribution in [0.3, 0.4) is 0 Å². The quantitative estimate of drug-likeness (QED) is 0.473. The molecule has 0 fully saturated rings. The fourth-order valence-electron chi connectivity index (χ4n) is 1.65. The summed E-state index contributed by atoms with van der Waals surface area (Å²) >= 11 is 0. The highest BCUT2D eigenvalue weighted by molar-refractivity contribution is 5.74. The molecular weight excluding hydrogens is 234 g/mol. The van der Waals surface area contributed by atoms with E-state index in [2.05, 4.69) is 10.3 Å². The van der Waals surface area contributed by atoms with Gasteiger partial charge in [-0.05, 0) is 12.1 Å².